The van der Waals surface area contributed by atoms with Crippen LogP contribution in [0.3, 0.4) is 0 Å². The topological polar surface area (TPSA) is 67.4 Å². The van der Waals surface area contributed by atoms with Gasteiger partial charge in [-0.05, 0) is 37.3 Å². The van der Waals surface area contributed by atoms with Crippen LogP contribution in [0.2, 0.25) is 0 Å². The standard InChI is InChI=1S/C19H20F2N4O2/c1-13-10-16(24-19(23-13)25-6-8-27-9-7-25)12-22-18(26)5-2-14-11-15(20)3-4-17(14)21/h2-5,10-11H,6-9,12H2,1H3,(H,22,26)/b5-2+. The Kier molecular flexibility index (Phi) is 6.08. The van der Waals surface area contributed by atoms with Gasteiger partial charge in [0.05, 0.1) is 25.5 Å². The Morgan fingerprint density at radius 2 is 2.04 bits per heavy atom. The SMILES string of the molecule is Cc1cc(CNC(=O)/C=C/c2cc(F)ccc2F)nc(N2CCOCC2)n1. The van der Waals surface area contributed by atoms with Crippen LogP contribution in [-0.4, -0.2) is 42.2 Å². The zero-order valence-electron chi connectivity index (χ0n) is 14.9. The lowest BCUT2D eigenvalue weighted by Gasteiger charge is -2.27. The normalized spacial score (nSPS) is 14.6. The van der Waals surface area contributed by atoms with Gasteiger partial charge in [0.15, 0.2) is 0 Å². The lowest BCUT2D eigenvalue weighted by Crippen LogP contribution is -2.37. The predicted octanol–water partition coefficient (Wildman–Crippen LogP) is 2.23. The van der Waals surface area contributed by atoms with Crippen molar-refractivity contribution in [3.05, 3.63) is 58.9 Å². The van der Waals surface area contributed by atoms with Gasteiger partial charge in [0.25, 0.3) is 0 Å². The van der Waals surface area contributed by atoms with Crippen LogP contribution >= 0.6 is 0 Å². The molecule has 142 valence electrons. The van der Waals surface area contributed by atoms with Crippen LogP contribution in [-0.2, 0) is 16.1 Å². The molecule has 0 spiro atoms. The first-order chi connectivity index (χ1) is 13.0. The molecule has 6 nitrogen and oxygen atoms in total. The summed E-state index contributed by atoms with van der Waals surface area (Å²) >= 11 is 0. The molecule has 1 fully saturated rings. The number of morpholine rings is 1. The summed E-state index contributed by atoms with van der Waals surface area (Å²) in [5, 5.41) is 2.69. The average molecular weight is 374 g/mol. The van der Waals surface area contributed by atoms with E-state index in [1.807, 2.05) is 11.8 Å². The van der Waals surface area contributed by atoms with E-state index in [2.05, 4.69) is 15.3 Å². The van der Waals surface area contributed by atoms with E-state index >= 15 is 0 Å². The quantitative estimate of drug-likeness (QED) is 0.813. The Bertz CT molecular complexity index is 852. The van der Waals surface area contributed by atoms with Gasteiger partial charge in [0.2, 0.25) is 11.9 Å². The minimum atomic E-state index is -0.595. The second kappa shape index (κ2) is 8.68. The van der Waals surface area contributed by atoms with E-state index in [0.29, 0.717) is 24.9 Å². The summed E-state index contributed by atoms with van der Waals surface area (Å²) in [5.74, 6) is -0.978. The fraction of sp³-hybridized carbons (Fsp3) is 0.316. The fourth-order valence-electron chi connectivity index (χ4n) is 2.66. The van der Waals surface area contributed by atoms with E-state index in [0.717, 1.165) is 43.1 Å². The highest BCUT2D eigenvalue weighted by atomic mass is 19.1. The fourth-order valence-corrected chi connectivity index (χ4v) is 2.66. The van der Waals surface area contributed by atoms with E-state index in [9.17, 15) is 13.6 Å². The van der Waals surface area contributed by atoms with Gasteiger partial charge in [-0.15, -0.1) is 0 Å². The van der Waals surface area contributed by atoms with Crippen molar-refractivity contribution in [2.75, 3.05) is 31.2 Å². The third-order valence-electron chi connectivity index (χ3n) is 4.01. The number of carbonyl (C=O) groups excluding carboxylic acids is 1. The number of benzene rings is 1. The van der Waals surface area contributed by atoms with Crippen LogP contribution in [0.5, 0.6) is 0 Å². The van der Waals surface area contributed by atoms with E-state index in [4.69, 9.17) is 4.74 Å². The van der Waals surface area contributed by atoms with Gasteiger partial charge in [-0.1, -0.05) is 0 Å². The Hall–Kier alpha value is -2.87. The minimum Gasteiger partial charge on any atom is -0.378 e. The van der Waals surface area contributed by atoms with Crippen molar-refractivity contribution >= 4 is 17.9 Å². The van der Waals surface area contributed by atoms with Crippen LogP contribution in [0.15, 0.2) is 30.3 Å². The highest BCUT2D eigenvalue weighted by molar-refractivity contribution is 5.91. The number of nitrogens with one attached hydrogen (secondary N) is 1. The molecule has 1 amide bonds. The zero-order chi connectivity index (χ0) is 19.2. The smallest absolute Gasteiger partial charge is 0.244 e. The third-order valence-corrected chi connectivity index (χ3v) is 4.01. The molecule has 2 aromatic rings. The van der Waals surface area contributed by atoms with Crippen LogP contribution in [0.1, 0.15) is 17.0 Å². The molecule has 0 aliphatic carbocycles. The molecule has 1 aromatic heterocycles. The van der Waals surface area contributed by atoms with Crippen LogP contribution < -0.4 is 10.2 Å². The Morgan fingerprint density at radius 3 is 2.81 bits per heavy atom. The molecule has 0 atom stereocenters. The number of nitrogens with zero attached hydrogens (tertiary/aromatic N) is 3. The van der Waals surface area contributed by atoms with Crippen molar-refractivity contribution in [2.45, 2.75) is 13.5 Å². The molecular formula is C19H20F2N4O2. The average Bonchev–Trinajstić information content (AvgIpc) is 2.67. The zero-order valence-corrected chi connectivity index (χ0v) is 14.9. The van der Waals surface area contributed by atoms with Gasteiger partial charge in [-0.25, -0.2) is 18.7 Å². The maximum Gasteiger partial charge on any atom is 0.244 e. The van der Waals surface area contributed by atoms with Crippen LogP contribution in [0.4, 0.5) is 14.7 Å². The number of ether oxygens (including phenoxy) is 1. The predicted molar refractivity (Wildman–Crippen MR) is 97.0 cm³/mol. The number of halogens is 2. The van der Waals surface area contributed by atoms with Crippen molar-refractivity contribution in [3.63, 3.8) is 0 Å². The van der Waals surface area contributed by atoms with Crippen molar-refractivity contribution in [3.8, 4) is 0 Å². The number of hydrogen-bond acceptors (Lipinski definition) is 5. The molecule has 0 saturated carbocycles. The Morgan fingerprint density at radius 1 is 1.26 bits per heavy atom. The largest absolute Gasteiger partial charge is 0.378 e. The van der Waals surface area contributed by atoms with Gasteiger partial charge in [-0.2, -0.15) is 0 Å². The Labute approximate surface area is 155 Å². The summed E-state index contributed by atoms with van der Waals surface area (Å²) in [5.41, 5.74) is 1.48. The number of hydrogen-bond donors (Lipinski definition) is 1. The summed E-state index contributed by atoms with van der Waals surface area (Å²) in [7, 11) is 0. The maximum atomic E-state index is 13.6. The minimum absolute atomic E-state index is 0.0117. The van der Waals surface area contributed by atoms with Gasteiger partial charge in [-0.3, -0.25) is 4.79 Å². The molecule has 1 aromatic carbocycles. The second-order valence-corrected chi connectivity index (χ2v) is 6.12. The molecule has 0 unspecified atom stereocenters. The summed E-state index contributed by atoms with van der Waals surface area (Å²) < 4.78 is 32.0. The van der Waals surface area contributed by atoms with Crippen LogP contribution in [0, 0.1) is 18.6 Å². The molecule has 3 rings (SSSR count). The molecular weight excluding hydrogens is 354 g/mol. The lowest BCUT2D eigenvalue weighted by molar-refractivity contribution is -0.116. The first-order valence-electron chi connectivity index (χ1n) is 8.59. The molecule has 0 bridgehead atoms. The maximum absolute atomic E-state index is 13.6. The van der Waals surface area contributed by atoms with Crippen molar-refractivity contribution in [1.29, 1.82) is 0 Å². The van der Waals surface area contributed by atoms with Crippen molar-refractivity contribution in [1.82, 2.24) is 15.3 Å². The van der Waals surface area contributed by atoms with E-state index in [-0.39, 0.29) is 12.1 Å². The number of aromatic nitrogens is 2. The van der Waals surface area contributed by atoms with Crippen molar-refractivity contribution in [2.24, 2.45) is 0 Å². The molecule has 27 heavy (non-hydrogen) atoms. The number of rotatable bonds is 5. The highest BCUT2D eigenvalue weighted by Crippen LogP contribution is 2.13. The molecule has 1 N–H and O–H groups in total. The number of amides is 1. The van der Waals surface area contributed by atoms with Gasteiger partial charge >= 0.3 is 0 Å². The monoisotopic (exact) mass is 374 g/mol. The third kappa shape index (κ3) is 5.30. The lowest BCUT2D eigenvalue weighted by atomic mass is 10.2. The summed E-state index contributed by atoms with van der Waals surface area (Å²) in [4.78, 5) is 22.9. The molecule has 1 saturated heterocycles. The molecule has 2 heterocycles. The van der Waals surface area contributed by atoms with Gasteiger partial charge < -0.3 is 15.0 Å². The second-order valence-electron chi connectivity index (χ2n) is 6.12. The molecule has 1 aliphatic rings. The van der Waals surface area contributed by atoms with E-state index in [1.54, 1.807) is 6.07 Å². The number of aryl methyl sites for hydroxylation is 1. The first kappa shape index (κ1) is 18.9. The Balaban J connectivity index is 1.62. The molecule has 0 radical (unpaired) electrons. The summed E-state index contributed by atoms with van der Waals surface area (Å²) in [6, 6.07) is 4.86. The summed E-state index contributed by atoms with van der Waals surface area (Å²) in [6.07, 6.45) is 2.40. The van der Waals surface area contributed by atoms with E-state index in [1.165, 1.54) is 6.08 Å². The van der Waals surface area contributed by atoms with Gasteiger partial charge in [0.1, 0.15) is 11.6 Å². The number of anilines is 1. The summed E-state index contributed by atoms with van der Waals surface area (Å²) in [6.45, 7) is 4.77. The van der Waals surface area contributed by atoms with Crippen molar-refractivity contribution < 1.29 is 18.3 Å². The number of carbonyl (C=O) groups is 1. The van der Waals surface area contributed by atoms with Gasteiger partial charge in [0, 0.05) is 30.4 Å². The van der Waals surface area contributed by atoms with E-state index < -0.39 is 17.5 Å². The first-order valence-corrected chi connectivity index (χ1v) is 8.59. The molecule has 1 aliphatic heterocycles. The van der Waals surface area contributed by atoms with Crippen LogP contribution in [0.25, 0.3) is 6.08 Å². The molecule has 8 heteroatoms. The highest BCUT2D eigenvalue weighted by Gasteiger charge is 2.15.